The minimum atomic E-state index is -0.279. The lowest BCUT2D eigenvalue weighted by Gasteiger charge is -2.04. The molecule has 0 fully saturated rings. The first kappa shape index (κ1) is 11.1. The molecule has 0 spiro atoms. The summed E-state index contributed by atoms with van der Waals surface area (Å²) in [6, 6.07) is 7.54. The van der Waals surface area contributed by atoms with Gasteiger partial charge in [-0.05, 0) is 41.6 Å². The minimum absolute atomic E-state index is 0.250. The molecule has 0 aliphatic carbocycles. The molecule has 0 bridgehead atoms. The van der Waals surface area contributed by atoms with Crippen LogP contribution in [0.25, 0.3) is 0 Å². The van der Waals surface area contributed by atoms with E-state index in [4.69, 9.17) is 4.52 Å². The Bertz CT molecular complexity index is 522. The predicted octanol–water partition coefficient (Wildman–Crippen LogP) is 2.84. The number of anilines is 1. The molecule has 4 nitrogen and oxygen atoms in total. The number of hydrogen-bond donors (Lipinski definition) is 1. The quantitative estimate of drug-likeness (QED) is 0.863. The molecule has 0 unspecified atom stereocenters. The Kier molecular flexibility index (Phi) is 3.23. The van der Waals surface area contributed by atoms with Gasteiger partial charge in [0.15, 0.2) is 0 Å². The smallest absolute Gasteiger partial charge is 0.294 e. The summed E-state index contributed by atoms with van der Waals surface area (Å²) in [6.07, 6.45) is 1.52. The fourth-order valence-corrected chi connectivity index (χ4v) is 1.77. The molecule has 16 heavy (non-hydrogen) atoms. The Morgan fingerprint density at radius 2 is 2.19 bits per heavy atom. The number of carbonyl (C=O) groups excluding carboxylic acids is 1. The highest BCUT2D eigenvalue weighted by molar-refractivity contribution is 14.1. The van der Waals surface area contributed by atoms with Crippen LogP contribution in [-0.2, 0) is 0 Å². The summed E-state index contributed by atoms with van der Waals surface area (Å²) in [5.74, 6) is -0.0289. The van der Waals surface area contributed by atoms with Gasteiger partial charge in [0, 0.05) is 9.13 Å². The summed E-state index contributed by atoms with van der Waals surface area (Å²) in [4.78, 5) is 11.8. The average molecular weight is 328 g/mol. The van der Waals surface area contributed by atoms with Gasteiger partial charge in [0.25, 0.3) is 5.91 Å². The zero-order valence-electron chi connectivity index (χ0n) is 8.53. The molecule has 0 aliphatic heterocycles. The number of aromatic nitrogens is 1. The van der Waals surface area contributed by atoms with Crippen LogP contribution in [0, 0.1) is 10.5 Å². The highest BCUT2D eigenvalue weighted by Gasteiger charge is 2.14. The standard InChI is InChI=1S/C11H9IN2O2/c1-7-6-13-16-10(7)11(15)14-9-5-3-2-4-8(9)12/h2-6H,1H3,(H,14,15). The number of rotatable bonds is 2. The Labute approximate surface area is 106 Å². The van der Waals surface area contributed by atoms with Crippen LogP contribution < -0.4 is 5.32 Å². The maximum atomic E-state index is 11.8. The van der Waals surface area contributed by atoms with E-state index in [-0.39, 0.29) is 11.7 Å². The predicted molar refractivity (Wildman–Crippen MR) is 68.4 cm³/mol. The number of halogens is 1. The van der Waals surface area contributed by atoms with Crippen LogP contribution in [0.3, 0.4) is 0 Å². The van der Waals surface area contributed by atoms with E-state index in [0.717, 1.165) is 14.8 Å². The summed E-state index contributed by atoms with van der Waals surface area (Å²) in [5.41, 5.74) is 1.49. The van der Waals surface area contributed by atoms with Gasteiger partial charge < -0.3 is 9.84 Å². The van der Waals surface area contributed by atoms with Crippen LogP contribution in [0.1, 0.15) is 16.1 Å². The first-order valence-corrected chi connectivity index (χ1v) is 5.73. The lowest BCUT2D eigenvalue weighted by Crippen LogP contribution is -2.12. The Balaban J connectivity index is 2.21. The molecule has 0 saturated heterocycles. The second kappa shape index (κ2) is 4.65. The van der Waals surface area contributed by atoms with Crippen molar-refractivity contribution in [1.29, 1.82) is 0 Å². The summed E-state index contributed by atoms with van der Waals surface area (Å²) in [5, 5.41) is 6.34. The second-order valence-electron chi connectivity index (χ2n) is 3.27. The number of amides is 1. The first-order chi connectivity index (χ1) is 7.68. The summed E-state index contributed by atoms with van der Waals surface area (Å²) >= 11 is 2.16. The number of carbonyl (C=O) groups is 1. The van der Waals surface area contributed by atoms with Crippen LogP contribution >= 0.6 is 22.6 Å². The van der Waals surface area contributed by atoms with E-state index in [0.29, 0.717) is 0 Å². The van der Waals surface area contributed by atoms with Gasteiger partial charge >= 0.3 is 0 Å². The lowest BCUT2D eigenvalue weighted by molar-refractivity contribution is 0.0987. The third-order valence-electron chi connectivity index (χ3n) is 2.08. The van der Waals surface area contributed by atoms with Crippen molar-refractivity contribution in [1.82, 2.24) is 5.16 Å². The fraction of sp³-hybridized carbons (Fsp3) is 0.0909. The van der Waals surface area contributed by atoms with Gasteiger partial charge in [0.2, 0.25) is 5.76 Å². The van der Waals surface area contributed by atoms with Gasteiger partial charge in [-0.15, -0.1) is 0 Å². The largest absolute Gasteiger partial charge is 0.351 e. The molecule has 2 aromatic rings. The number of para-hydroxylation sites is 1. The van der Waals surface area contributed by atoms with Gasteiger partial charge in [0.05, 0.1) is 11.9 Å². The normalized spacial score (nSPS) is 10.1. The van der Waals surface area contributed by atoms with Crippen molar-refractivity contribution in [2.45, 2.75) is 6.92 Å². The monoisotopic (exact) mass is 328 g/mol. The number of nitrogens with zero attached hydrogens (tertiary/aromatic N) is 1. The first-order valence-electron chi connectivity index (χ1n) is 4.65. The molecule has 1 aromatic carbocycles. The van der Waals surface area contributed by atoms with E-state index in [2.05, 4.69) is 33.1 Å². The maximum Gasteiger partial charge on any atom is 0.294 e. The van der Waals surface area contributed by atoms with E-state index in [1.54, 1.807) is 6.92 Å². The summed E-state index contributed by atoms with van der Waals surface area (Å²) < 4.78 is 5.85. The van der Waals surface area contributed by atoms with E-state index in [1.807, 2.05) is 24.3 Å². The SMILES string of the molecule is Cc1cnoc1C(=O)Nc1ccccc1I. The van der Waals surface area contributed by atoms with Crippen molar-refractivity contribution >= 4 is 34.2 Å². The van der Waals surface area contributed by atoms with Gasteiger partial charge in [0.1, 0.15) is 0 Å². The van der Waals surface area contributed by atoms with E-state index in [9.17, 15) is 4.79 Å². The zero-order valence-corrected chi connectivity index (χ0v) is 10.7. The van der Waals surface area contributed by atoms with Gasteiger partial charge in [-0.25, -0.2) is 0 Å². The van der Waals surface area contributed by atoms with Crippen molar-refractivity contribution in [3.05, 3.63) is 45.4 Å². The fourth-order valence-electron chi connectivity index (χ4n) is 1.25. The molecule has 2 rings (SSSR count). The van der Waals surface area contributed by atoms with Crippen molar-refractivity contribution in [2.24, 2.45) is 0 Å². The molecular formula is C11H9IN2O2. The van der Waals surface area contributed by atoms with E-state index in [1.165, 1.54) is 6.20 Å². The topological polar surface area (TPSA) is 55.1 Å². The Morgan fingerprint density at radius 1 is 1.44 bits per heavy atom. The van der Waals surface area contributed by atoms with Crippen molar-refractivity contribution in [2.75, 3.05) is 5.32 Å². The van der Waals surface area contributed by atoms with E-state index < -0.39 is 0 Å². The molecule has 0 atom stereocenters. The van der Waals surface area contributed by atoms with Crippen LogP contribution in [0.2, 0.25) is 0 Å². The van der Waals surface area contributed by atoms with Crippen molar-refractivity contribution in [3.8, 4) is 0 Å². The molecule has 1 N–H and O–H groups in total. The maximum absolute atomic E-state index is 11.8. The highest BCUT2D eigenvalue weighted by Crippen LogP contribution is 2.18. The third kappa shape index (κ3) is 2.24. The Morgan fingerprint density at radius 3 is 2.81 bits per heavy atom. The Hall–Kier alpha value is -1.37. The number of aryl methyl sites for hydroxylation is 1. The van der Waals surface area contributed by atoms with Crippen LogP contribution in [-0.4, -0.2) is 11.1 Å². The summed E-state index contributed by atoms with van der Waals surface area (Å²) in [7, 11) is 0. The van der Waals surface area contributed by atoms with Crippen LogP contribution in [0.15, 0.2) is 35.0 Å². The van der Waals surface area contributed by atoms with Crippen LogP contribution in [0.4, 0.5) is 5.69 Å². The zero-order chi connectivity index (χ0) is 11.5. The molecule has 0 aliphatic rings. The average Bonchev–Trinajstić information content (AvgIpc) is 2.68. The third-order valence-corrected chi connectivity index (χ3v) is 3.02. The lowest BCUT2D eigenvalue weighted by atomic mass is 10.2. The summed E-state index contributed by atoms with van der Waals surface area (Å²) in [6.45, 7) is 1.78. The van der Waals surface area contributed by atoms with Crippen molar-refractivity contribution in [3.63, 3.8) is 0 Å². The molecule has 1 aromatic heterocycles. The second-order valence-corrected chi connectivity index (χ2v) is 4.43. The van der Waals surface area contributed by atoms with Gasteiger partial charge in [-0.2, -0.15) is 0 Å². The molecule has 1 heterocycles. The molecule has 82 valence electrons. The number of nitrogens with one attached hydrogen (secondary N) is 1. The minimum Gasteiger partial charge on any atom is -0.351 e. The molecule has 0 saturated carbocycles. The van der Waals surface area contributed by atoms with Gasteiger partial charge in [-0.1, -0.05) is 17.3 Å². The van der Waals surface area contributed by atoms with E-state index >= 15 is 0 Å². The van der Waals surface area contributed by atoms with Gasteiger partial charge in [-0.3, -0.25) is 4.79 Å². The molecule has 5 heteroatoms. The number of hydrogen-bond acceptors (Lipinski definition) is 3. The van der Waals surface area contributed by atoms with Crippen LogP contribution in [0.5, 0.6) is 0 Å². The molecular weight excluding hydrogens is 319 g/mol. The highest BCUT2D eigenvalue weighted by atomic mass is 127. The number of benzene rings is 1. The van der Waals surface area contributed by atoms with Crippen molar-refractivity contribution < 1.29 is 9.32 Å². The molecule has 1 amide bonds. The molecule has 0 radical (unpaired) electrons.